The van der Waals surface area contributed by atoms with E-state index in [4.69, 9.17) is 9.47 Å². The highest BCUT2D eigenvalue weighted by Crippen LogP contribution is 2.36. The van der Waals surface area contributed by atoms with Gasteiger partial charge in [0.15, 0.2) is 5.78 Å². The first-order valence-electron chi connectivity index (χ1n) is 6.16. The molecule has 0 radical (unpaired) electrons. The summed E-state index contributed by atoms with van der Waals surface area (Å²) in [6.07, 6.45) is 1.99. The van der Waals surface area contributed by atoms with Crippen molar-refractivity contribution in [2.75, 3.05) is 13.4 Å². The maximum Gasteiger partial charge on any atom is 0.167 e. The minimum atomic E-state index is -0.0842. The molecule has 0 saturated heterocycles. The van der Waals surface area contributed by atoms with Crippen LogP contribution in [-0.2, 0) is 0 Å². The molecule has 0 aromatic heterocycles. The van der Waals surface area contributed by atoms with Crippen LogP contribution in [0.1, 0.15) is 17.3 Å². The van der Waals surface area contributed by atoms with Crippen molar-refractivity contribution >= 4 is 17.5 Å². The Morgan fingerprint density at radius 1 is 1.00 bits per heavy atom. The van der Waals surface area contributed by atoms with Crippen LogP contribution in [0.2, 0.25) is 0 Å². The fraction of sp³-hybridized carbons (Fsp3) is 0.188. The first-order chi connectivity index (χ1) is 9.67. The molecule has 0 fully saturated rings. The van der Waals surface area contributed by atoms with Gasteiger partial charge in [-0.15, -0.1) is 11.8 Å². The van der Waals surface area contributed by atoms with Crippen molar-refractivity contribution in [3.8, 4) is 17.2 Å². The highest BCUT2D eigenvalue weighted by atomic mass is 32.2. The number of ether oxygens (including phenoxy) is 2. The van der Waals surface area contributed by atoms with Gasteiger partial charge < -0.3 is 9.47 Å². The molecule has 0 aliphatic rings. The highest BCUT2D eigenvalue weighted by Gasteiger charge is 2.16. The molecule has 4 heteroatoms. The molecule has 2 aromatic rings. The smallest absolute Gasteiger partial charge is 0.167 e. The summed E-state index contributed by atoms with van der Waals surface area (Å²) in [6, 6.07) is 13.1. The first kappa shape index (κ1) is 14.5. The summed E-state index contributed by atoms with van der Waals surface area (Å²) in [5.41, 5.74) is 0.464. The number of ketones is 1. The lowest BCUT2D eigenvalue weighted by molar-refractivity contribution is 0.101. The number of carbonyl (C=O) groups excluding carboxylic acids is 1. The van der Waals surface area contributed by atoms with Crippen molar-refractivity contribution in [2.24, 2.45) is 0 Å². The zero-order valence-corrected chi connectivity index (χ0v) is 12.5. The largest absolute Gasteiger partial charge is 0.496 e. The highest BCUT2D eigenvalue weighted by molar-refractivity contribution is 7.98. The number of hydrogen-bond acceptors (Lipinski definition) is 4. The Hall–Kier alpha value is -1.94. The third-order valence-electron chi connectivity index (χ3n) is 2.85. The van der Waals surface area contributed by atoms with Crippen LogP contribution in [0.4, 0.5) is 0 Å². The monoisotopic (exact) mass is 288 g/mol. The molecule has 20 heavy (non-hydrogen) atoms. The Bertz CT molecular complexity index is 623. The van der Waals surface area contributed by atoms with Crippen molar-refractivity contribution in [1.82, 2.24) is 0 Å². The predicted octanol–water partition coefficient (Wildman–Crippen LogP) is 4.41. The normalized spacial score (nSPS) is 10.2. The van der Waals surface area contributed by atoms with E-state index >= 15 is 0 Å². The molecule has 2 aromatic carbocycles. The van der Waals surface area contributed by atoms with Gasteiger partial charge in [0.05, 0.1) is 7.11 Å². The second kappa shape index (κ2) is 6.48. The summed E-state index contributed by atoms with van der Waals surface area (Å²) in [5.74, 6) is 1.69. The third kappa shape index (κ3) is 2.96. The van der Waals surface area contributed by atoms with Crippen molar-refractivity contribution in [3.05, 3.63) is 48.0 Å². The second-order valence-electron chi connectivity index (χ2n) is 4.14. The molecule has 0 bridgehead atoms. The number of carbonyl (C=O) groups is 1. The van der Waals surface area contributed by atoms with Crippen LogP contribution in [0.25, 0.3) is 0 Å². The summed E-state index contributed by atoms with van der Waals surface area (Å²) in [6.45, 7) is 1.51. The van der Waals surface area contributed by atoms with E-state index < -0.39 is 0 Å². The zero-order valence-electron chi connectivity index (χ0n) is 11.7. The molecule has 0 aliphatic heterocycles. The molecule has 104 valence electrons. The molecule has 2 rings (SSSR count). The fourth-order valence-electron chi connectivity index (χ4n) is 1.93. The van der Waals surface area contributed by atoms with Gasteiger partial charge in [-0.25, -0.2) is 0 Å². The van der Waals surface area contributed by atoms with E-state index in [0.717, 1.165) is 10.6 Å². The number of para-hydroxylation sites is 1. The average molecular weight is 288 g/mol. The Morgan fingerprint density at radius 2 is 1.65 bits per heavy atom. The first-order valence-corrected chi connectivity index (χ1v) is 7.38. The van der Waals surface area contributed by atoms with Crippen LogP contribution in [0.15, 0.2) is 47.4 Å². The third-order valence-corrected chi connectivity index (χ3v) is 3.63. The molecule has 0 N–H and O–H groups in total. The van der Waals surface area contributed by atoms with E-state index in [1.54, 1.807) is 31.0 Å². The summed E-state index contributed by atoms with van der Waals surface area (Å²) in [7, 11) is 1.54. The maximum atomic E-state index is 11.8. The molecule has 3 nitrogen and oxygen atoms in total. The zero-order chi connectivity index (χ0) is 14.5. The summed E-state index contributed by atoms with van der Waals surface area (Å²) in [4.78, 5) is 12.8. The van der Waals surface area contributed by atoms with Gasteiger partial charge in [-0.1, -0.05) is 18.2 Å². The van der Waals surface area contributed by atoms with Crippen molar-refractivity contribution in [2.45, 2.75) is 11.8 Å². The van der Waals surface area contributed by atoms with Gasteiger partial charge in [-0.2, -0.15) is 0 Å². The molecule has 0 unspecified atom stereocenters. The summed E-state index contributed by atoms with van der Waals surface area (Å²) < 4.78 is 11.1. The van der Waals surface area contributed by atoms with E-state index in [1.807, 2.05) is 36.6 Å². The lowest BCUT2D eigenvalue weighted by Gasteiger charge is -2.14. The SMILES string of the molecule is COc1cccc(Oc2ccccc2SC)c1C(C)=O. The van der Waals surface area contributed by atoms with Crippen LogP contribution >= 0.6 is 11.8 Å². The molecule has 0 heterocycles. The number of hydrogen-bond donors (Lipinski definition) is 0. The summed E-state index contributed by atoms with van der Waals surface area (Å²) >= 11 is 1.60. The number of methoxy groups -OCH3 is 1. The van der Waals surface area contributed by atoms with Gasteiger partial charge in [0.2, 0.25) is 0 Å². The lowest BCUT2D eigenvalue weighted by Crippen LogP contribution is -2.01. The summed E-state index contributed by atoms with van der Waals surface area (Å²) in [5, 5.41) is 0. The van der Waals surface area contributed by atoms with Crippen LogP contribution in [0.5, 0.6) is 17.2 Å². The van der Waals surface area contributed by atoms with Crippen LogP contribution in [-0.4, -0.2) is 19.1 Å². The van der Waals surface area contributed by atoms with E-state index in [-0.39, 0.29) is 5.78 Å². The molecule has 0 saturated carbocycles. The van der Waals surface area contributed by atoms with Crippen LogP contribution in [0.3, 0.4) is 0 Å². The van der Waals surface area contributed by atoms with Crippen LogP contribution < -0.4 is 9.47 Å². The Labute approximate surface area is 122 Å². The van der Waals surface area contributed by atoms with Gasteiger partial charge in [0.1, 0.15) is 22.8 Å². The Kier molecular flexibility index (Phi) is 4.69. The Morgan fingerprint density at radius 3 is 2.30 bits per heavy atom. The minimum absolute atomic E-state index is 0.0842. The van der Waals surface area contributed by atoms with Crippen molar-refractivity contribution in [1.29, 1.82) is 0 Å². The molecular formula is C16H16O3S. The van der Waals surface area contributed by atoms with Gasteiger partial charge >= 0.3 is 0 Å². The van der Waals surface area contributed by atoms with Gasteiger partial charge in [0.25, 0.3) is 0 Å². The van der Waals surface area contributed by atoms with E-state index in [1.165, 1.54) is 6.92 Å². The quantitative estimate of drug-likeness (QED) is 0.603. The molecule has 0 amide bonds. The van der Waals surface area contributed by atoms with Gasteiger partial charge in [-0.3, -0.25) is 4.79 Å². The standard InChI is InChI=1S/C16H16O3S/c1-11(17)16-13(18-2)8-6-9-14(16)19-12-7-4-5-10-15(12)20-3/h4-10H,1-3H3. The number of Topliss-reactive ketones (excluding diaryl/α,β-unsaturated/α-hetero) is 1. The topological polar surface area (TPSA) is 35.5 Å². The predicted molar refractivity (Wildman–Crippen MR) is 81.3 cm³/mol. The lowest BCUT2D eigenvalue weighted by atomic mass is 10.1. The molecule has 0 atom stereocenters. The number of thioether (sulfide) groups is 1. The fourth-order valence-corrected chi connectivity index (χ4v) is 2.46. The van der Waals surface area contributed by atoms with Gasteiger partial charge in [-0.05, 0) is 37.4 Å². The van der Waals surface area contributed by atoms with E-state index in [9.17, 15) is 4.79 Å². The maximum absolute atomic E-state index is 11.8. The average Bonchev–Trinajstić information content (AvgIpc) is 2.47. The van der Waals surface area contributed by atoms with Gasteiger partial charge in [0, 0.05) is 4.90 Å². The van der Waals surface area contributed by atoms with E-state index in [2.05, 4.69) is 0 Å². The van der Waals surface area contributed by atoms with E-state index in [0.29, 0.717) is 17.1 Å². The second-order valence-corrected chi connectivity index (χ2v) is 4.99. The molecule has 0 spiro atoms. The number of rotatable bonds is 5. The number of benzene rings is 2. The van der Waals surface area contributed by atoms with Crippen molar-refractivity contribution < 1.29 is 14.3 Å². The Balaban J connectivity index is 2.46. The molecular weight excluding hydrogens is 272 g/mol. The van der Waals surface area contributed by atoms with Crippen molar-refractivity contribution in [3.63, 3.8) is 0 Å². The minimum Gasteiger partial charge on any atom is -0.496 e. The van der Waals surface area contributed by atoms with Crippen LogP contribution in [0, 0.1) is 0 Å². The molecule has 0 aliphatic carbocycles.